The first-order valence-electron chi connectivity index (χ1n) is 4.58. The van der Waals surface area contributed by atoms with E-state index < -0.39 is 0 Å². The van der Waals surface area contributed by atoms with Gasteiger partial charge in [-0.15, -0.1) is 0 Å². The van der Waals surface area contributed by atoms with Crippen LogP contribution in [0, 0.1) is 11.3 Å². The Morgan fingerprint density at radius 1 is 1.64 bits per heavy atom. The average Bonchev–Trinajstić information content (AvgIpc) is 2.21. The molecule has 0 spiro atoms. The molecule has 0 rings (SSSR count). The number of carbonyl (C=O) groups excluding carboxylic acids is 1. The van der Waals surface area contributed by atoms with Crippen molar-refractivity contribution in [2.24, 2.45) is 0 Å². The molecule has 0 fully saturated rings. The van der Waals surface area contributed by atoms with Crippen LogP contribution in [0.25, 0.3) is 0 Å². The molecule has 1 amide bonds. The average molecular weight is 215 g/mol. The smallest absolute Gasteiger partial charge is 0.234 e. The number of carbonyl (C=O) groups is 1. The zero-order valence-corrected chi connectivity index (χ0v) is 9.49. The minimum atomic E-state index is -0.122. The Hall–Kier alpha value is -0.730. The Balaban J connectivity index is 3.28. The Morgan fingerprint density at radius 3 is 2.93 bits per heavy atom. The SMILES string of the molecule is CSC(C)CCNCC(=O)NCC#N. The minimum absolute atomic E-state index is 0.0850. The number of thioether (sulfide) groups is 1. The van der Waals surface area contributed by atoms with Gasteiger partial charge in [0.25, 0.3) is 0 Å². The molecule has 0 aliphatic heterocycles. The third-order valence-corrected chi connectivity index (χ3v) is 2.82. The van der Waals surface area contributed by atoms with Crippen molar-refractivity contribution < 1.29 is 4.79 Å². The Morgan fingerprint density at radius 2 is 2.36 bits per heavy atom. The highest BCUT2D eigenvalue weighted by Crippen LogP contribution is 2.07. The molecule has 14 heavy (non-hydrogen) atoms. The van der Waals surface area contributed by atoms with E-state index in [0.717, 1.165) is 13.0 Å². The number of nitrogens with zero attached hydrogens (tertiary/aromatic N) is 1. The van der Waals surface area contributed by atoms with E-state index in [2.05, 4.69) is 23.8 Å². The van der Waals surface area contributed by atoms with Crippen molar-refractivity contribution in [1.82, 2.24) is 10.6 Å². The summed E-state index contributed by atoms with van der Waals surface area (Å²) < 4.78 is 0. The molecule has 1 unspecified atom stereocenters. The maximum Gasteiger partial charge on any atom is 0.234 e. The number of rotatable bonds is 7. The molecule has 0 saturated heterocycles. The van der Waals surface area contributed by atoms with E-state index in [1.807, 2.05) is 17.8 Å². The third-order valence-electron chi connectivity index (χ3n) is 1.78. The highest BCUT2D eigenvalue weighted by molar-refractivity contribution is 7.99. The first kappa shape index (κ1) is 13.3. The van der Waals surface area contributed by atoms with Crippen LogP contribution in [0.1, 0.15) is 13.3 Å². The first-order chi connectivity index (χ1) is 6.70. The van der Waals surface area contributed by atoms with Gasteiger partial charge in [0.2, 0.25) is 5.91 Å². The van der Waals surface area contributed by atoms with Crippen LogP contribution in [0.4, 0.5) is 0 Å². The summed E-state index contributed by atoms with van der Waals surface area (Å²) in [4.78, 5) is 11.0. The Bertz CT molecular complexity index is 203. The molecular weight excluding hydrogens is 198 g/mol. The van der Waals surface area contributed by atoms with Gasteiger partial charge in [-0.25, -0.2) is 0 Å². The molecule has 1 atom stereocenters. The third kappa shape index (κ3) is 7.90. The zero-order valence-electron chi connectivity index (χ0n) is 8.67. The van der Waals surface area contributed by atoms with Gasteiger partial charge in [0.1, 0.15) is 6.54 Å². The van der Waals surface area contributed by atoms with Crippen molar-refractivity contribution in [2.75, 3.05) is 25.9 Å². The summed E-state index contributed by atoms with van der Waals surface area (Å²) in [6.45, 7) is 3.37. The quantitative estimate of drug-likeness (QED) is 0.475. The van der Waals surface area contributed by atoms with E-state index in [0.29, 0.717) is 11.8 Å². The molecule has 2 N–H and O–H groups in total. The van der Waals surface area contributed by atoms with Gasteiger partial charge >= 0.3 is 0 Å². The van der Waals surface area contributed by atoms with Crippen molar-refractivity contribution in [1.29, 1.82) is 5.26 Å². The fourth-order valence-electron chi connectivity index (χ4n) is 0.826. The summed E-state index contributed by atoms with van der Waals surface area (Å²) in [5, 5.41) is 14.3. The largest absolute Gasteiger partial charge is 0.342 e. The molecule has 0 saturated carbocycles. The molecule has 0 aliphatic carbocycles. The summed E-state index contributed by atoms with van der Waals surface area (Å²) >= 11 is 1.81. The monoisotopic (exact) mass is 215 g/mol. The molecular formula is C9H17N3OS. The number of nitrogens with one attached hydrogen (secondary N) is 2. The second-order valence-electron chi connectivity index (χ2n) is 2.95. The lowest BCUT2D eigenvalue weighted by Crippen LogP contribution is -2.34. The number of hydrogen-bond acceptors (Lipinski definition) is 4. The van der Waals surface area contributed by atoms with Crippen molar-refractivity contribution in [2.45, 2.75) is 18.6 Å². The van der Waals surface area contributed by atoms with Crippen LogP contribution in [0.3, 0.4) is 0 Å². The number of amides is 1. The molecule has 0 aromatic rings. The molecule has 0 aliphatic rings. The van der Waals surface area contributed by atoms with Crippen LogP contribution in [0.5, 0.6) is 0 Å². The van der Waals surface area contributed by atoms with E-state index in [1.54, 1.807) is 0 Å². The molecule has 0 bridgehead atoms. The van der Waals surface area contributed by atoms with Gasteiger partial charge in [-0.2, -0.15) is 17.0 Å². The Labute approximate surface area is 89.4 Å². The lowest BCUT2D eigenvalue weighted by molar-refractivity contribution is -0.120. The van der Waals surface area contributed by atoms with E-state index in [9.17, 15) is 4.79 Å². The van der Waals surface area contributed by atoms with Crippen molar-refractivity contribution in [3.63, 3.8) is 0 Å². The summed E-state index contributed by atoms with van der Waals surface area (Å²) in [6.07, 6.45) is 3.12. The summed E-state index contributed by atoms with van der Waals surface area (Å²) in [5.74, 6) is -0.122. The van der Waals surface area contributed by atoms with Gasteiger partial charge in [0, 0.05) is 5.25 Å². The van der Waals surface area contributed by atoms with Gasteiger partial charge in [0.05, 0.1) is 12.6 Å². The van der Waals surface area contributed by atoms with E-state index >= 15 is 0 Å². The maximum absolute atomic E-state index is 11.0. The van der Waals surface area contributed by atoms with Gasteiger partial charge in [-0.3, -0.25) is 4.79 Å². The van der Waals surface area contributed by atoms with Gasteiger partial charge < -0.3 is 10.6 Å². The predicted molar refractivity (Wildman–Crippen MR) is 59.1 cm³/mol. The molecule has 0 aromatic heterocycles. The fourth-order valence-corrected chi connectivity index (χ4v) is 1.18. The van der Waals surface area contributed by atoms with Gasteiger partial charge in [0.15, 0.2) is 0 Å². The van der Waals surface area contributed by atoms with Crippen molar-refractivity contribution in [3.8, 4) is 6.07 Å². The fraction of sp³-hybridized carbons (Fsp3) is 0.778. The van der Waals surface area contributed by atoms with Gasteiger partial charge in [-0.1, -0.05) is 6.92 Å². The topological polar surface area (TPSA) is 64.9 Å². The number of hydrogen-bond donors (Lipinski definition) is 2. The molecule has 5 heteroatoms. The van der Waals surface area contributed by atoms with E-state index in [1.165, 1.54) is 0 Å². The lowest BCUT2D eigenvalue weighted by Gasteiger charge is -2.08. The van der Waals surface area contributed by atoms with Crippen LogP contribution >= 0.6 is 11.8 Å². The second kappa shape index (κ2) is 8.85. The lowest BCUT2D eigenvalue weighted by atomic mass is 10.3. The molecule has 0 aromatic carbocycles. The number of nitriles is 1. The molecule has 0 heterocycles. The van der Waals surface area contributed by atoms with Crippen LogP contribution in [0.15, 0.2) is 0 Å². The summed E-state index contributed by atoms with van der Waals surface area (Å²) in [6, 6.07) is 1.85. The van der Waals surface area contributed by atoms with Crippen molar-refractivity contribution >= 4 is 17.7 Å². The summed E-state index contributed by atoms with van der Waals surface area (Å²) in [7, 11) is 0. The van der Waals surface area contributed by atoms with E-state index in [4.69, 9.17) is 5.26 Å². The summed E-state index contributed by atoms with van der Waals surface area (Å²) in [5.41, 5.74) is 0. The van der Waals surface area contributed by atoms with Crippen LogP contribution in [0.2, 0.25) is 0 Å². The van der Waals surface area contributed by atoms with E-state index in [-0.39, 0.29) is 12.5 Å². The van der Waals surface area contributed by atoms with Crippen LogP contribution in [-0.4, -0.2) is 37.0 Å². The highest BCUT2D eigenvalue weighted by atomic mass is 32.2. The maximum atomic E-state index is 11.0. The normalized spacial score (nSPS) is 11.8. The standard InChI is InChI=1S/C9H17N3OS/c1-8(14-2)3-5-11-7-9(13)12-6-4-10/h8,11H,3,5-7H2,1-2H3,(H,12,13). The molecule has 4 nitrogen and oxygen atoms in total. The second-order valence-corrected chi connectivity index (χ2v) is 4.22. The van der Waals surface area contributed by atoms with Crippen molar-refractivity contribution in [3.05, 3.63) is 0 Å². The Kier molecular flexibility index (Phi) is 8.39. The predicted octanol–water partition coefficient (Wildman–Crippen LogP) is 0.357. The minimum Gasteiger partial charge on any atom is -0.342 e. The highest BCUT2D eigenvalue weighted by Gasteiger charge is 2.01. The van der Waals surface area contributed by atoms with Gasteiger partial charge in [-0.05, 0) is 19.2 Å². The molecule has 80 valence electrons. The zero-order chi connectivity index (χ0) is 10.8. The molecule has 0 radical (unpaired) electrons. The van der Waals surface area contributed by atoms with Crippen LogP contribution < -0.4 is 10.6 Å². The van der Waals surface area contributed by atoms with Crippen LogP contribution in [-0.2, 0) is 4.79 Å². The first-order valence-corrected chi connectivity index (χ1v) is 5.86.